The van der Waals surface area contributed by atoms with Crippen LogP contribution in [0.3, 0.4) is 0 Å². The molecule has 94 valence electrons. The first-order valence-electron chi connectivity index (χ1n) is 6.04. The first-order valence-corrected chi connectivity index (χ1v) is 6.04. The standard InChI is InChI=1S/C14H22N2O/c1-14(2,11-15)10-13(17)16-9-8-12-6-4-3-5-7-12/h3-7H,8-11,15H2,1-2H3,(H,16,17). The Hall–Kier alpha value is -1.35. The van der Waals surface area contributed by atoms with Gasteiger partial charge in [-0.1, -0.05) is 44.2 Å². The molecule has 0 fully saturated rings. The van der Waals surface area contributed by atoms with Gasteiger partial charge in [-0.15, -0.1) is 0 Å². The lowest BCUT2D eigenvalue weighted by molar-refractivity contribution is -0.122. The number of amides is 1. The van der Waals surface area contributed by atoms with Crippen LogP contribution in [0.1, 0.15) is 25.8 Å². The number of rotatable bonds is 6. The molecular weight excluding hydrogens is 212 g/mol. The van der Waals surface area contributed by atoms with Gasteiger partial charge in [0.2, 0.25) is 5.91 Å². The molecule has 3 N–H and O–H groups in total. The summed E-state index contributed by atoms with van der Waals surface area (Å²) in [4.78, 5) is 11.6. The van der Waals surface area contributed by atoms with Crippen molar-refractivity contribution in [3.8, 4) is 0 Å². The van der Waals surface area contributed by atoms with E-state index in [0.717, 1.165) is 6.42 Å². The number of hydrogen-bond acceptors (Lipinski definition) is 2. The third kappa shape index (κ3) is 5.50. The van der Waals surface area contributed by atoms with Crippen molar-refractivity contribution in [2.45, 2.75) is 26.7 Å². The van der Waals surface area contributed by atoms with Crippen LogP contribution in [-0.2, 0) is 11.2 Å². The average molecular weight is 234 g/mol. The molecule has 0 bridgehead atoms. The molecule has 17 heavy (non-hydrogen) atoms. The Morgan fingerprint density at radius 1 is 1.29 bits per heavy atom. The predicted octanol–water partition coefficient (Wildman–Crippen LogP) is 1.72. The second kappa shape index (κ2) is 6.40. The SMILES string of the molecule is CC(C)(CN)CC(=O)NCCc1ccccc1. The van der Waals surface area contributed by atoms with E-state index < -0.39 is 0 Å². The molecule has 0 aliphatic carbocycles. The number of hydrogen-bond donors (Lipinski definition) is 2. The zero-order valence-corrected chi connectivity index (χ0v) is 10.7. The van der Waals surface area contributed by atoms with Crippen molar-refractivity contribution in [1.82, 2.24) is 5.32 Å². The van der Waals surface area contributed by atoms with E-state index in [9.17, 15) is 4.79 Å². The Bertz CT molecular complexity index is 346. The van der Waals surface area contributed by atoms with Crippen LogP contribution in [0.25, 0.3) is 0 Å². The van der Waals surface area contributed by atoms with Crippen LogP contribution >= 0.6 is 0 Å². The Labute approximate surface area is 103 Å². The van der Waals surface area contributed by atoms with Crippen molar-refractivity contribution >= 4 is 5.91 Å². The number of carbonyl (C=O) groups excluding carboxylic acids is 1. The van der Waals surface area contributed by atoms with Crippen LogP contribution in [0.5, 0.6) is 0 Å². The lowest BCUT2D eigenvalue weighted by Gasteiger charge is -2.21. The van der Waals surface area contributed by atoms with Crippen molar-refractivity contribution in [2.24, 2.45) is 11.1 Å². The number of carbonyl (C=O) groups is 1. The van der Waals surface area contributed by atoms with Crippen molar-refractivity contribution < 1.29 is 4.79 Å². The maximum Gasteiger partial charge on any atom is 0.220 e. The fourth-order valence-corrected chi connectivity index (χ4v) is 1.56. The molecule has 3 heteroatoms. The highest BCUT2D eigenvalue weighted by Gasteiger charge is 2.19. The van der Waals surface area contributed by atoms with Gasteiger partial charge in [-0.2, -0.15) is 0 Å². The maximum absolute atomic E-state index is 11.6. The van der Waals surface area contributed by atoms with Crippen LogP contribution < -0.4 is 11.1 Å². The smallest absolute Gasteiger partial charge is 0.220 e. The first kappa shape index (κ1) is 13.7. The van der Waals surface area contributed by atoms with Gasteiger partial charge in [0, 0.05) is 13.0 Å². The van der Waals surface area contributed by atoms with Crippen molar-refractivity contribution in [1.29, 1.82) is 0 Å². The maximum atomic E-state index is 11.6. The molecular formula is C14H22N2O. The third-order valence-corrected chi connectivity index (χ3v) is 2.77. The number of nitrogens with one attached hydrogen (secondary N) is 1. The van der Waals surface area contributed by atoms with Gasteiger partial charge in [0.15, 0.2) is 0 Å². The Balaban J connectivity index is 2.25. The van der Waals surface area contributed by atoms with Gasteiger partial charge in [-0.3, -0.25) is 4.79 Å². The van der Waals surface area contributed by atoms with E-state index in [1.54, 1.807) is 0 Å². The summed E-state index contributed by atoms with van der Waals surface area (Å²) in [5.41, 5.74) is 6.72. The molecule has 0 atom stereocenters. The highest BCUT2D eigenvalue weighted by molar-refractivity contribution is 5.76. The molecule has 0 aromatic heterocycles. The molecule has 3 nitrogen and oxygen atoms in total. The molecule has 0 aliphatic heterocycles. The molecule has 1 amide bonds. The summed E-state index contributed by atoms with van der Waals surface area (Å²) in [6, 6.07) is 10.1. The molecule has 0 unspecified atom stereocenters. The van der Waals surface area contributed by atoms with Crippen molar-refractivity contribution in [2.75, 3.05) is 13.1 Å². The summed E-state index contributed by atoms with van der Waals surface area (Å²) in [5.74, 6) is 0.0800. The summed E-state index contributed by atoms with van der Waals surface area (Å²) in [5, 5.41) is 2.93. The Morgan fingerprint density at radius 3 is 2.53 bits per heavy atom. The van der Waals surface area contributed by atoms with E-state index in [4.69, 9.17) is 5.73 Å². The molecule has 1 aromatic carbocycles. The Morgan fingerprint density at radius 2 is 1.94 bits per heavy atom. The van der Waals surface area contributed by atoms with E-state index >= 15 is 0 Å². The van der Waals surface area contributed by atoms with Crippen LogP contribution in [0.15, 0.2) is 30.3 Å². The van der Waals surface area contributed by atoms with E-state index in [1.807, 2.05) is 32.0 Å². The summed E-state index contributed by atoms with van der Waals surface area (Å²) in [7, 11) is 0. The highest BCUT2D eigenvalue weighted by Crippen LogP contribution is 2.17. The Kier molecular flexibility index (Phi) is 5.16. The molecule has 1 aromatic rings. The molecule has 0 aliphatic rings. The van der Waals surface area contributed by atoms with Crippen molar-refractivity contribution in [3.63, 3.8) is 0 Å². The van der Waals surface area contributed by atoms with Crippen LogP contribution in [0, 0.1) is 5.41 Å². The third-order valence-electron chi connectivity index (χ3n) is 2.77. The normalized spacial score (nSPS) is 11.2. The zero-order valence-electron chi connectivity index (χ0n) is 10.7. The number of nitrogens with two attached hydrogens (primary N) is 1. The van der Waals surface area contributed by atoms with Gasteiger partial charge in [0.1, 0.15) is 0 Å². The van der Waals surface area contributed by atoms with E-state index in [0.29, 0.717) is 19.5 Å². The molecule has 0 radical (unpaired) electrons. The van der Waals surface area contributed by atoms with E-state index in [1.165, 1.54) is 5.56 Å². The van der Waals surface area contributed by atoms with Crippen molar-refractivity contribution in [3.05, 3.63) is 35.9 Å². The molecule has 0 spiro atoms. The monoisotopic (exact) mass is 234 g/mol. The second-order valence-corrected chi connectivity index (χ2v) is 5.13. The highest BCUT2D eigenvalue weighted by atomic mass is 16.1. The predicted molar refractivity (Wildman–Crippen MR) is 70.6 cm³/mol. The zero-order chi connectivity index (χ0) is 12.7. The van der Waals surface area contributed by atoms with Gasteiger partial charge in [-0.05, 0) is 23.9 Å². The van der Waals surface area contributed by atoms with Gasteiger partial charge >= 0.3 is 0 Å². The topological polar surface area (TPSA) is 55.1 Å². The van der Waals surface area contributed by atoms with Gasteiger partial charge in [0.05, 0.1) is 0 Å². The van der Waals surface area contributed by atoms with Crippen LogP contribution in [0.2, 0.25) is 0 Å². The first-order chi connectivity index (χ1) is 8.03. The molecule has 0 heterocycles. The lowest BCUT2D eigenvalue weighted by Crippen LogP contribution is -2.33. The minimum atomic E-state index is -0.114. The summed E-state index contributed by atoms with van der Waals surface area (Å²) in [6.45, 7) is 5.22. The van der Waals surface area contributed by atoms with E-state index in [2.05, 4.69) is 17.4 Å². The van der Waals surface area contributed by atoms with Gasteiger partial charge in [-0.25, -0.2) is 0 Å². The largest absolute Gasteiger partial charge is 0.356 e. The van der Waals surface area contributed by atoms with Crippen LogP contribution in [0.4, 0.5) is 0 Å². The number of benzene rings is 1. The fourth-order valence-electron chi connectivity index (χ4n) is 1.56. The minimum Gasteiger partial charge on any atom is -0.356 e. The summed E-state index contributed by atoms with van der Waals surface area (Å²) >= 11 is 0. The quantitative estimate of drug-likeness (QED) is 0.787. The molecule has 1 rings (SSSR count). The van der Waals surface area contributed by atoms with Gasteiger partial charge < -0.3 is 11.1 Å². The molecule has 0 saturated carbocycles. The molecule has 0 saturated heterocycles. The van der Waals surface area contributed by atoms with Crippen LogP contribution in [-0.4, -0.2) is 19.0 Å². The average Bonchev–Trinajstić information content (AvgIpc) is 2.30. The van der Waals surface area contributed by atoms with Gasteiger partial charge in [0.25, 0.3) is 0 Å². The minimum absolute atomic E-state index is 0.0800. The summed E-state index contributed by atoms with van der Waals surface area (Å²) < 4.78 is 0. The lowest BCUT2D eigenvalue weighted by atomic mass is 9.89. The second-order valence-electron chi connectivity index (χ2n) is 5.13. The van der Waals surface area contributed by atoms with E-state index in [-0.39, 0.29) is 11.3 Å². The summed E-state index contributed by atoms with van der Waals surface area (Å²) in [6.07, 6.45) is 1.36. The fraction of sp³-hybridized carbons (Fsp3) is 0.500.